The van der Waals surface area contributed by atoms with E-state index < -0.39 is 0 Å². The summed E-state index contributed by atoms with van der Waals surface area (Å²) in [6.07, 6.45) is 0. The molecular formula is C20H26N2O4. The number of methoxy groups -OCH3 is 2. The Morgan fingerprint density at radius 3 is 2.15 bits per heavy atom. The molecule has 0 saturated heterocycles. The topological polar surface area (TPSA) is 68.8 Å². The zero-order valence-corrected chi connectivity index (χ0v) is 15.7. The number of hydrogen-bond donors (Lipinski definition) is 2. The highest BCUT2D eigenvalue weighted by Crippen LogP contribution is 2.29. The van der Waals surface area contributed by atoms with Crippen molar-refractivity contribution < 1.29 is 19.0 Å². The highest BCUT2D eigenvalue weighted by Gasteiger charge is 2.18. The Hall–Kier alpha value is -2.73. The third-order valence-corrected chi connectivity index (χ3v) is 3.69. The van der Waals surface area contributed by atoms with Crippen LogP contribution in [0.15, 0.2) is 42.5 Å². The Morgan fingerprint density at radius 1 is 1.00 bits per heavy atom. The van der Waals surface area contributed by atoms with Crippen LogP contribution in [0.2, 0.25) is 0 Å². The number of amides is 1. The second-order valence-corrected chi connectivity index (χ2v) is 5.97. The molecule has 0 aromatic heterocycles. The molecule has 0 radical (unpaired) electrons. The van der Waals surface area contributed by atoms with Gasteiger partial charge in [-0.2, -0.15) is 0 Å². The summed E-state index contributed by atoms with van der Waals surface area (Å²) in [6, 6.07) is 12.9. The predicted octanol–water partition coefficient (Wildman–Crippen LogP) is 3.33. The average molecular weight is 358 g/mol. The van der Waals surface area contributed by atoms with Gasteiger partial charge in [0.1, 0.15) is 29.4 Å². The maximum Gasteiger partial charge on any atom is 0.263 e. The molecule has 6 heteroatoms. The van der Waals surface area contributed by atoms with Crippen LogP contribution in [0.4, 0.5) is 5.69 Å². The third kappa shape index (κ3) is 5.39. The van der Waals surface area contributed by atoms with Crippen LogP contribution in [-0.2, 0) is 0 Å². The molecule has 0 atom stereocenters. The maximum atomic E-state index is 12.6. The lowest BCUT2D eigenvalue weighted by atomic mass is 10.1. The molecule has 0 aliphatic carbocycles. The number of benzene rings is 2. The first kappa shape index (κ1) is 19.6. The largest absolute Gasteiger partial charge is 0.496 e. The molecule has 2 aromatic rings. The van der Waals surface area contributed by atoms with E-state index in [2.05, 4.69) is 24.5 Å². The van der Waals surface area contributed by atoms with Gasteiger partial charge in [0.05, 0.1) is 14.2 Å². The van der Waals surface area contributed by atoms with E-state index in [4.69, 9.17) is 14.2 Å². The van der Waals surface area contributed by atoms with Crippen LogP contribution in [0, 0.1) is 0 Å². The minimum Gasteiger partial charge on any atom is -0.496 e. The van der Waals surface area contributed by atoms with Crippen molar-refractivity contribution in [3.63, 3.8) is 0 Å². The number of hydrogen-bond acceptors (Lipinski definition) is 5. The molecule has 0 unspecified atom stereocenters. The van der Waals surface area contributed by atoms with Crippen molar-refractivity contribution in [2.24, 2.45) is 0 Å². The number of rotatable bonds is 9. The Bertz CT molecular complexity index is 692. The molecule has 0 heterocycles. The number of carbonyl (C=O) groups excluding carboxylic acids is 1. The monoisotopic (exact) mass is 358 g/mol. The molecule has 2 N–H and O–H groups in total. The van der Waals surface area contributed by atoms with Gasteiger partial charge in [0.2, 0.25) is 0 Å². The van der Waals surface area contributed by atoms with E-state index in [1.165, 1.54) is 14.2 Å². The Kier molecular flexibility index (Phi) is 7.29. The summed E-state index contributed by atoms with van der Waals surface area (Å²) in [4.78, 5) is 12.6. The lowest BCUT2D eigenvalue weighted by Gasteiger charge is -2.13. The summed E-state index contributed by atoms with van der Waals surface area (Å²) in [7, 11) is 3.04. The zero-order chi connectivity index (χ0) is 18.9. The van der Waals surface area contributed by atoms with Gasteiger partial charge in [-0.25, -0.2) is 0 Å². The van der Waals surface area contributed by atoms with Gasteiger partial charge in [-0.1, -0.05) is 19.9 Å². The van der Waals surface area contributed by atoms with Gasteiger partial charge in [-0.05, 0) is 36.4 Å². The van der Waals surface area contributed by atoms with Gasteiger partial charge in [-0.3, -0.25) is 4.79 Å². The highest BCUT2D eigenvalue weighted by atomic mass is 16.5. The molecule has 0 spiro atoms. The number of carbonyl (C=O) groups is 1. The molecule has 2 aromatic carbocycles. The van der Waals surface area contributed by atoms with E-state index in [0.717, 1.165) is 12.3 Å². The van der Waals surface area contributed by atoms with E-state index in [1.54, 1.807) is 30.3 Å². The fourth-order valence-corrected chi connectivity index (χ4v) is 2.42. The van der Waals surface area contributed by atoms with E-state index in [9.17, 15) is 4.79 Å². The summed E-state index contributed by atoms with van der Waals surface area (Å²) in [6.45, 7) is 5.55. The second kappa shape index (κ2) is 9.68. The fourth-order valence-electron chi connectivity index (χ4n) is 2.42. The van der Waals surface area contributed by atoms with Gasteiger partial charge in [0, 0.05) is 18.3 Å². The molecule has 140 valence electrons. The van der Waals surface area contributed by atoms with Crippen molar-refractivity contribution in [2.45, 2.75) is 19.9 Å². The van der Waals surface area contributed by atoms with Crippen LogP contribution in [0.1, 0.15) is 24.2 Å². The maximum absolute atomic E-state index is 12.6. The van der Waals surface area contributed by atoms with E-state index in [0.29, 0.717) is 35.4 Å². The molecule has 0 aliphatic rings. The van der Waals surface area contributed by atoms with Crippen LogP contribution >= 0.6 is 0 Å². The van der Waals surface area contributed by atoms with E-state index in [1.807, 2.05) is 12.1 Å². The Morgan fingerprint density at radius 2 is 1.62 bits per heavy atom. The quantitative estimate of drug-likeness (QED) is 0.673. The molecule has 6 nitrogen and oxygen atoms in total. The highest BCUT2D eigenvalue weighted by molar-refractivity contribution is 6.08. The minimum absolute atomic E-state index is 0.297. The van der Waals surface area contributed by atoms with E-state index >= 15 is 0 Å². The second-order valence-electron chi connectivity index (χ2n) is 5.97. The first-order chi connectivity index (χ1) is 12.5. The van der Waals surface area contributed by atoms with Gasteiger partial charge < -0.3 is 24.8 Å². The first-order valence-corrected chi connectivity index (χ1v) is 8.53. The normalized spacial score (nSPS) is 10.5. The van der Waals surface area contributed by atoms with Crippen LogP contribution in [0.5, 0.6) is 17.2 Å². The Labute approximate surface area is 154 Å². The molecule has 26 heavy (non-hydrogen) atoms. The van der Waals surface area contributed by atoms with Crippen molar-refractivity contribution >= 4 is 11.6 Å². The molecule has 0 fully saturated rings. The van der Waals surface area contributed by atoms with Crippen molar-refractivity contribution in [1.82, 2.24) is 5.32 Å². The number of nitrogens with one attached hydrogen (secondary N) is 2. The predicted molar refractivity (Wildman–Crippen MR) is 103 cm³/mol. The summed E-state index contributed by atoms with van der Waals surface area (Å²) < 4.78 is 16.2. The fraction of sp³-hybridized carbons (Fsp3) is 0.350. The van der Waals surface area contributed by atoms with Crippen molar-refractivity contribution in [3.8, 4) is 17.2 Å². The van der Waals surface area contributed by atoms with Crippen molar-refractivity contribution in [1.29, 1.82) is 0 Å². The molecule has 0 bridgehead atoms. The molecule has 0 aliphatic heterocycles. The van der Waals surface area contributed by atoms with Gasteiger partial charge in [0.25, 0.3) is 5.91 Å². The molecule has 0 saturated carbocycles. The number of anilines is 1. The SMILES string of the molecule is COc1cccc(OC)c1C(=O)Nc1ccc(OCCNC(C)C)cc1. The minimum atomic E-state index is -0.297. The number of ether oxygens (including phenoxy) is 3. The van der Waals surface area contributed by atoms with Crippen molar-refractivity contribution in [3.05, 3.63) is 48.0 Å². The van der Waals surface area contributed by atoms with Crippen LogP contribution in [0.3, 0.4) is 0 Å². The molecule has 1 amide bonds. The standard InChI is InChI=1S/C20H26N2O4/c1-14(2)21-12-13-26-16-10-8-15(9-11-16)22-20(23)19-17(24-3)6-5-7-18(19)25-4/h5-11,14,21H,12-13H2,1-4H3,(H,22,23). The van der Waals surface area contributed by atoms with Gasteiger partial charge in [-0.15, -0.1) is 0 Å². The summed E-state index contributed by atoms with van der Waals surface area (Å²) in [5.41, 5.74) is 1.02. The smallest absolute Gasteiger partial charge is 0.263 e. The summed E-state index contributed by atoms with van der Waals surface area (Å²) in [5.74, 6) is 1.37. The molecule has 2 rings (SSSR count). The lowest BCUT2D eigenvalue weighted by Crippen LogP contribution is -2.27. The van der Waals surface area contributed by atoms with Gasteiger partial charge >= 0.3 is 0 Å². The van der Waals surface area contributed by atoms with Crippen LogP contribution < -0.4 is 24.8 Å². The lowest BCUT2D eigenvalue weighted by molar-refractivity contribution is 0.102. The van der Waals surface area contributed by atoms with Crippen LogP contribution in [0.25, 0.3) is 0 Å². The van der Waals surface area contributed by atoms with Gasteiger partial charge in [0.15, 0.2) is 0 Å². The summed E-state index contributed by atoms with van der Waals surface area (Å²) in [5, 5.41) is 6.14. The Balaban J connectivity index is 2.00. The van der Waals surface area contributed by atoms with Crippen molar-refractivity contribution in [2.75, 3.05) is 32.7 Å². The average Bonchev–Trinajstić information content (AvgIpc) is 2.65. The molecular weight excluding hydrogens is 332 g/mol. The van der Waals surface area contributed by atoms with Crippen LogP contribution in [-0.4, -0.2) is 39.3 Å². The van der Waals surface area contributed by atoms with E-state index in [-0.39, 0.29) is 5.91 Å². The third-order valence-electron chi connectivity index (χ3n) is 3.69. The first-order valence-electron chi connectivity index (χ1n) is 8.53. The summed E-state index contributed by atoms with van der Waals surface area (Å²) >= 11 is 0. The zero-order valence-electron chi connectivity index (χ0n) is 15.7.